The lowest BCUT2D eigenvalue weighted by atomic mass is 9.68. The maximum atomic E-state index is 13.1. The van der Waals surface area contributed by atoms with Gasteiger partial charge in [-0.05, 0) is 17.5 Å². The average molecular weight is 389 g/mol. The monoisotopic (exact) mass is 389 g/mol. The van der Waals surface area contributed by atoms with Gasteiger partial charge in [0.15, 0.2) is 11.5 Å². The van der Waals surface area contributed by atoms with E-state index in [1.165, 1.54) is 17.5 Å². The van der Waals surface area contributed by atoms with Gasteiger partial charge in [-0.3, -0.25) is 4.79 Å². The fourth-order valence-electron chi connectivity index (χ4n) is 3.79. The molecule has 28 heavy (non-hydrogen) atoms. The van der Waals surface area contributed by atoms with Crippen molar-refractivity contribution in [1.82, 2.24) is 19.9 Å². The molecule has 7 nitrogen and oxygen atoms in total. The van der Waals surface area contributed by atoms with Crippen molar-refractivity contribution in [3.8, 4) is 22.7 Å². The molecule has 1 atom stereocenters. The van der Waals surface area contributed by atoms with E-state index in [1.54, 1.807) is 10.7 Å². The van der Waals surface area contributed by atoms with Gasteiger partial charge < -0.3 is 4.52 Å². The Morgan fingerprint density at radius 1 is 1.32 bits per heavy atom. The minimum atomic E-state index is -0.508. The predicted octanol–water partition coefficient (Wildman–Crippen LogP) is 4.36. The minimum absolute atomic E-state index is 0.0507. The predicted molar refractivity (Wildman–Crippen MR) is 103 cm³/mol. The van der Waals surface area contributed by atoms with Crippen LogP contribution < -0.4 is 0 Å². The lowest BCUT2D eigenvalue weighted by Crippen LogP contribution is -2.32. The third-order valence-electron chi connectivity index (χ3n) is 5.14. The lowest BCUT2D eigenvalue weighted by Gasteiger charge is -2.33. The summed E-state index contributed by atoms with van der Waals surface area (Å²) < 4.78 is 7.94. The molecule has 3 aromatic heterocycles. The smallest absolute Gasteiger partial charge is 0.211 e. The molecule has 8 heteroatoms. The van der Waals surface area contributed by atoms with Crippen molar-refractivity contribution in [2.24, 2.45) is 5.41 Å². The first-order valence-electron chi connectivity index (χ1n) is 8.82. The van der Waals surface area contributed by atoms with E-state index < -0.39 is 11.3 Å². The van der Waals surface area contributed by atoms with Gasteiger partial charge in [0, 0.05) is 12.5 Å². The highest BCUT2D eigenvalue weighted by Gasteiger charge is 2.45. The SMILES string of the molecule is CC1(C)CC(=O)c2c(-c3ccno3)nn(-c3nc4ccccc4s3)c2C1C#N. The van der Waals surface area contributed by atoms with Crippen molar-refractivity contribution in [2.75, 3.05) is 0 Å². The first-order chi connectivity index (χ1) is 13.5. The number of Topliss-reactive ketones (excluding diaryl/α,β-unsaturated/α-hetero) is 1. The van der Waals surface area contributed by atoms with E-state index in [9.17, 15) is 10.1 Å². The van der Waals surface area contributed by atoms with Crippen LogP contribution >= 0.6 is 11.3 Å². The van der Waals surface area contributed by atoms with Crippen LogP contribution in [0.1, 0.15) is 42.2 Å². The zero-order valence-electron chi connectivity index (χ0n) is 15.2. The fraction of sp³-hybridized carbons (Fsp3) is 0.250. The summed E-state index contributed by atoms with van der Waals surface area (Å²) in [4.78, 5) is 17.7. The zero-order chi connectivity index (χ0) is 19.5. The number of hydrogen-bond acceptors (Lipinski definition) is 7. The number of benzene rings is 1. The number of thiazole rings is 1. The maximum Gasteiger partial charge on any atom is 0.211 e. The summed E-state index contributed by atoms with van der Waals surface area (Å²) >= 11 is 1.47. The molecule has 1 unspecified atom stereocenters. The van der Waals surface area contributed by atoms with Gasteiger partial charge in [-0.25, -0.2) is 9.67 Å². The van der Waals surface area contributed by atoms with Crippen molar-refractivity contribution in [3.63, 3.8) is 0 Å². The molecule has 0 spiro atoms. The normalized spacial score (nSPS) is 18.2. The minimum Gasteiger partial charge on any atom is -0.355 e. The van der Waals surface area contributed by atoms with Crippen LogP contribution in [0.4, 0.5) is 0 Å². The van der Waals surface area contributed by atoms with Crippen LogP contribution in [0.3, 0.4) is 0 Å². The first kappa shape index (κ1) is 16.8. The molecule has 5 rings (SSSR count). The lowest BCUT2D eigenvalue weighted by molar-refractivity contribution is 0.0900. The Hall–Kier alpha value is -3.31. The summed E-state index contributed by atoms with van der Waals surface area (Å²) in [6, 6.07) is 11.9. The fourth-order valence-corrected chi connectivity index (χ4v) is 4.72. The highest BCUT2D eigenvalue weighted by molar-refractivity contribution is 7.20. The van der Waals surface area contributed by atoms with Gasteiger partial charge in [-0.2, -0.15) is 10.4 Å². The second-order valence-corrected chi connectivity index (χ2v) is 8.52. The first-order valence-corrected chi connectivity index (χ1v) is 9.64. The number of hydrogen-bond donors (Lipinski definition) is 0. The largest absolute Gasteiger partial charge is 0.355 e. The summed E-state index contributed by atoms with van der Waals surface area (Å²) in [5, 5.41) is 19.0. The Balaban J connectivity index is 1.84. The van der Waals surface area contributed by atoms with E-state index in [2.05, 4.69) is 21.3 Å². The number of fused-ring (bicyclic) bond motifs is 2. The molecule has 0 aliphatic heterocycles. The van der Waals surface area contributed by atoms with E-state index in [1.807, 2.05) is 38.1 Å². The van der Waals surface area contributed by atoms with Crippen LogP contribution in [-0.4, -0.2) is 25.7 Å². The van der Waals surface area contributed by atoms with E-state index in [0.29, 0.717) is 27.8 Å². The van der Waals surface area contributed by atoms with Crippen molar-refractivity contribution in [2.45, 2.75) is 26.2 Å². The van der Waals surface area contributed by atoms with Crippen molar-refractivity contribution >= 4 is 27.3 Å². The number of carbonyl (C=O) groups is 1. The van der Waals surface area contributed by atoms with Gasteiger partial charge in [0.25, 0.3) is 0 Å². The third-order valence-corrected chi connectivity index (χ3v) is 6.15. The molecule has 0 saturated heterocycles. The molecule has 1 aromatic carbocycles. The highest BCUT2D eigenvalue weighted by Crippen LogP contribution is 2.48. The van der Waals surface area contributed by atoms with Gasteiger partial charge in [-0.15, -0.1) is 0 Å². The summed E-state index contributed by atoms with van der Waals surface area (Å²) in [5.41, 5.74) is 1.76. The standard InChI is InChI=1S/C20H15N5O2S/c1-20(2)9-13(26)16-17(14-7-8-22-27-14)24-25(18(16)11(20)10-21)19-23-12-5-3-4-6-15(12)28-19/h3-8,11H,9H2,1-2H3. The molecule has 0 N–H and O–H groups in total. The Kier molecular flexibility index (Phi) is 3.51. The third kappa shape index (κ3) is 2.33. The number of rotatable bonds is 2. The quantitative estimate of drug-likeness (QED) is 0.505. The van der Waals surface area contributed by atoms with Crippen LogP contribution in [0.15, 0.2) is 41.1 Å². The molecule has 1 aliphatic rings. The molecule has 0 radical (unpaired) electrons. The molecule has 0 fully saturated rings. The summed E-state index contributed by atoms with van der Waals surface area (Å²) in [6.07, 6.45) is 1.78. The molecule has 1 aliphatic carbocycles. The van der Waals surface area contributed by atoms with Gasteiger partial charge in [0.1, 0.15) is 5.69 Å². The van der Waals surface area contributed by atoms with Crippen molar-refractivity contribution in [3.05, 3.63) is 47.8 Å². The van der Waals surface area contributed by atoms with Gasteiger partial charge in [-0.1, -0.05) is 42.5 Å². The zero-order valence-corrected chi connectivity index (χ0v) is 16.0. The molecule has 138 valence electrons. The number of para-hydroxylation sites is 1. The average Bonchev–Trinajstić information content (AvgIpc) is 3.38. The summed E-state index contributed by atoms with van der Waals surface area (Å²) in [7, 11) is 0. The Morgan fingerprint density at radius 3 is 2.86 bits per heavy atom. The Labute approximate surface area is 164 Å². The number of nitrogens with zero attached hydrogens (tertiary/aromatic N) is 5. The van der Waals surface area contributed by atoms with Crippen LogP contribution in [-0.2, 0) is 0 Å². The molecule has 3 heterocycles. The van der Waals surface area contributed by atoms with Crippen molar-refractivity contribution < 1.29 is 9.32 Å². The van der Waals surface area contributed by atoms with E-state index in [0.717, 1.165) is 10.2 Å². The van der Waals surface area contributed by atoms with Crippen LogP contribution in [0.25, 0.3) is 26.8 Å². The topological polar surface area (TPSA) is 97.6 Å². The van der Waals surface area contributed by atoms with Crippen LogP contribution in [0.2, 0.25) is 0 Å². The molecular weight excluding hydrogens is 374 g/mol. The van der Waals surface area contributed by atoms with Crippen LogP contribution in [0.5, 0.6) is 0 Å². The van der Waals surface area contributed by atoms with E-state index in [-0.39, 0.29) is 12.2 Å². The van der Waals surface area contributed by atoms with Gasteiger partial charge in [0.2, 0.25) is 5.13 Å². The number of ketones is 1. The number of nitriles is 1. The molecule has 0 saturated carbocycles. The molecule has 0 bridgehead atoms. The number of aromatic nitrogens is 4. The number of carbonyl (C=O) groups excluding carboxylic acids is 1. The molecule has 4 aromatic rings. The Bertz CT molecular complexity index is 1230. The van der Waals surface area contributed by atoms with Gasteiger partial charge >= 0.3 is 0 Å². The van der Waals surface area contributed by atoms with Gasteiger partial charge in [0.05, 0.1) is 39.7 Å². The second-order valence-electron chi connectivity index (χ2n) is 7.51. The van der Waals surface area contributed by atoms with Crippen LogP contribution in [0, 0.1) is 16.7 Å². The summed E-state index contributed by atoms with van der Waals surface area (Å²) in [5.74, 6) is -0.150. The van der Waals surface area contributed by atoms with E-state index >= 15 is 0 Å². The second kappa shape index (κ2) is 5.84. The van der Waals surface area contributed by atoms with E-state index in [4.69, 9.17) is 4.52 Å². The Morgan fingerprint density at radius 2 is 2.14 bits per heavy atom. The molecule has 0 amide bonds. The molecular formula is C20H15N5O2S. The summed E-state index contributed by atoms with van der Waals surface area (Å²) in [6.45, 7) is 3.87. The highest BCUT2D eigenvalue weighted by atomic mass is 32.1. The maximum absolute atomic E-state index is 13.1. The van der Waals surface area contributed by atoms with Crippen molar-refractivity contribution in [1.29, 1.82) is 5.26 Å².